The van der Waals surface area contributed by atoms with Gasteiger partial charge in [0.05, 0.1) is 5.02 Å². The lowest BCUT2D eigenvalue weighted by atomic mass is 9.91. The SMILES string of the molecule is CC(F)(CC1CCCCN1)c1cc2cccc(Cl)c2o1. The molecule has 2 heterocycles. The molecule has 0 bridgehead atoms. The molecule has 1 saturated heterocycles. The van der Waals surface area contributed by atoms with Crippen LogP contribution in [0.2, 0.25) is 5.02 Å². The Kier molecular flexibility index (Phi) is 3.74. The topological polar surface area (TPSA) is 25.2 Å². The number of fused-ring (bicyclic) bond motifs is 1. The minimum atomic E-state index is -1.47. The Bertz CT molecular complexity index is 602. The van der Waals surface area contributed by atoms with Crippen molar-refractivity contribution in [3.8, 4) is 0 Å². The molecule has 0 spiro atoms. The summed E-state index contributed by atoms with van der Waals surface area (Å²) in [4.78, 5) is 0. The molecule has 1 aliphatic heterocycles. The molecular weight excluding hydrogens is 277 g/mol. The Hall–Kier alpha value is -1.06. The molecule has 1 aliphatic rings. The number of hydrogen-bond acceptors (Lipinski definition) is 2. The summed E-state index contributed by atoms with van der Waals surface area (Å²) in [6.45, 7) is 2.57. The molecule has 1 aromatic carbocycles. The fourth-order valence-electron chi connectivity index (χ4n) is 2.95. The van der Waals surface area contributed by atoms with Crippen LogP contribution in [0.1, 0.15) is 38.4 Å². The van der Waals surface area contributed by atoms with Crippen LogP contribution in [0, 0.1) is 0 Å². The third-order valence-corrected chi connectivity index (χ3v) is 4.35. The summed E-state index contributed by atoms with van der Waals surface area (Å²) in [6.07, 6.45) is 3.81. The molecule has 4 heteroatoms. The van der Waals surface area contributed by atoms with Gasteiger partial charge in [0, 0.05) is 17.8 Å². The molecule has 20 heavy (non-hydrogen) atoms. The van der Waals surface area contributed by atoms with E-state index in [9.17, 15) is 0 Å². The molecule has 108 valence electrons. The first kappa shape index (κ1) is 13.9. The molecule has 0 amide bonds. The number of nitrogens with one attached hydrogen (secondary N) is 1. The van der Waals surface area contributed by atoms with Gasteiger partial charge in [-0.2, -0.15) is 0 Å². The molecule has 2 aromatic rings. The van der Waals surface area contributed by atoms with E-state index < -0.39 is 5.67 Å². The molecule has 1 aromatic heterocycles. The Morgan fingerprint density at radius 3 is 3.00 bits per heavy atom. The van der Waals surface area contributed by atoms with E-state index in [0.29, 0.717) is 22.8 Å². The van der Waals surface area contributed by atoms with Gasteiger partial charge >= 0.3 is 0 Å². The number of para-hydroxylation sites is 1. The van der Waals surface area contributed by atoms with Crippen molar-refractivity contribution in [2.45, 2.75) is 44.3 Å². The average Bonchev–Trinajstić information content (AvgIpc) is 2.86. The predicted octanol–water partition coefficient (Wildman–Crippen LogP) is 4.80. The maximum atomic E-state index is 15.0. The molecule has 0 saturated carbocycles. The van der Waals surface area contributed by atoms with Crippen molar-refractivity contribution >= 4 is 22.6 Å². The molecule has 0 aliphatic carbocycles. The van der Waals surface area contributed by atoms with E-state index in [1.807, 2.05) is 12.1 Å². The zero-order valence-electron chi connectivity index (χ0n) is 11.6. The van der Waals surface area contributed by atoms with Gasteiger partial charge in [0.1, 0.15) is 5.76 Å². The normalized spacial score (nSPS) is 22.9. The highest BCUT2D eigenvalue weighted by Crippen LogP contribution is 2.37. The highest BCUT2D eigenvalue weighted by Gasteiger charge is 2.34. The maximum Gasteiger partial charge on any atom is 0.166 e. The zero-order chi connectivity index (χ0) is 14.2. The highest BCUT2D eigenvalue weighted by molar-refractivity contribution is 6.34. The Labute approximate surface area is 123 Å². The predicted molar refractivity (Wildman–Crippen MR) is 79.9 cm³/mol. The van der Waals surface area contributed by atoms with Crippen molar-refractivity contribution in [1.29, 1.82) is 0 Å². The number of benzene rings is 1. The third kappa shape index (κ3) is 2.70. The van der Waals surface area contributed by atoms with E-state index >= 15 is 4.39 Å². The Balaban J connectivity index is 1.86. The number of piperidine rings is 1. The molecule has 0 radical (unpaired) electrons. The summed E-state index contributed by atoms with van der Waals surface area (Å²) < 4.78 is 20.7. The van der Waals surface area contributed by atoms with E-state index in [-0.39, 0.29) is 6.04 Å². The van der Waals surface area contributed by atoms with E-state index in [4.69, 9.17) is 16.0 Å². The summed E-state index contributed by atoms with van der Waals surface area (Å²) in [5.41, 5.74) is -0.901. The van der Waals surface area contributed by atoms with Gasteiger partial charge in [0.25, 0.3) is 0 Å². The van der Waals surface area contributed by atoms with Crippen LogP contribution in [0.15, 0.2) is 28.7 Å². The van der Waals surface area contributed by atoms with Crippen molar-refractivity contribution in [3.05, 3.63) is 35.0 Å². The largest absolute Gasteiger partial charge is 0.456 e. The lowest BCUT2D eigenvalue weighted by Gasteiger charge is -2.28. The van der Waals surface area contributed by atoms with Gasteiger partial charge in [0.2, 0.25) is 0 Å². The third-order valence-electron chi connectivity index (χ3n) is 4.05. The van der Waals surface area contributed by atoms with Gasteiger partial charge in [0.15, 0.2) is 11.3 Å². The number of furan rings is 1. The van der Waals surface area contributed by atoms with Crippen LogP contribution in [0.5, 0.6) is 0 Å². The molecule has 3 rings (SSSR count). The van der Waals surface area contributed by atoms with Gasteiger partial charge in [-0.1, -0.05) is 30.2 Å². The highest BCUT2D eigenvalue weighted by atomic mass is 35.5. The van der Waals surface area contributed by atoms with Crippen molar-refractivity contribution in [3.63, 3.8) is 0 Å². The fraction of sp³-hybridized carbons (Fsp3) is 0.500. The van der Waals surface area contributed by atoms with Gasteiger partial charge < -0.3 is 9.73 Å². The molecule has 2 atom stereocenters. The van der Waals surface area contributed by atoms with Crippen LogP contribution in [0.3, 0.4) is 0 Å². The minimum absolute atomic E-state index is 0.224. The minimum Gasteiger partial charge on any atom is -0.456 e. The van der Waals surface area contributed by atoms with E-state index in [1.54, 1.807) is 19.1 Å². The monoisotopic (exact) mass is 295 g/mol. The number of hydrogen-bond donors (Lipinski definition) is 1. The number of alkyl halides is 1. The van der Waals surface area contributed by atoms with Gasteiger partial charge in [-0.05, 0) is 38.4 Å². The second kappa shape index (κ2) is 5.38. The van der Waals surface area contributed by atoms with Crippen LogP contribution < -0.4 is 5.32 Å². The van der Waals surface area contributed by atoms with Gasteiger partial charge in [-0.3, -0.25) is 0 Å². The molecular formula is C16H19ClFNO. The van der Waals surface area contributed by atoms with Crippen molar-refractivity contribution in [1.82, 2.24) is 5.32 Å². The summed E-state index contributed by atoms with van der Waals surface area (Å²) in [5.74, 6) is 0.368. The van der Waals surface area contributed by atoms with E-state index in [1.165, 1.54) is 12.8 Å². The summed E-state index contributed by atoms with van der Waals surface area (Å²) in [6, 6.07) is 7.49. The van der Waals surface area contributed by atoms with Crippen LogP contribution in [0.4, 0.5) is 4.39 Å². The van der Waals surface area contributed by atoms with Gasteiger partial charge in [-0.15, -0.1) is 0 Å². The van der Waals surface area contributed by atoms with Gasteiger partial charge in [-0.25, -0.2) is 4.39 Å². The van der Waals surface area contributed by atoms with Crippen LogP contribution in [0.25, 0.3) is 11.0 Å². The summed E-state index contributed by atoms with van der Waals surface area (Å²) in [5, 5.41) is 4.77. The van der Waals surface area contributed by atoms with Crippen molar-refractivity contribution < 1.29 is 8.81 Å². The Morgan fingerprint density at radius 1 is 1.45 bits per heavy atom. The van der Waals surface area contributed by atoms with Crippen LogP contribution in [-0.4, -0.2) is 12.6 Å². The first-order chi connectivity index (χ1) is 9.56. The zero-order valence-corrected chi connectivity index (χ0v) is 12.3. The average molecular weight is 296 g/mol. The molecule has 2 nitrogen and oxygen atoms in total. The maximum absolute atomic E-state index is 15.0. The fourth-order valence-corrected chi connectivity index (χ4v) is 3.17. The lowest BCUT2D eigenvalue weighted by molar-refractivity contribution is 0.119. The standard InChI is InChI=1S/C16H19ClFNO/c1-16(18,10-12-6-2-3-8-19-12)14-9-11-5-4-7-13(17)15(11)20-14/h4-5,7,9,12,19H,2-3,6,8,10H2,1H3. The second-order valence-corrected chi connectivity index (χ2v) is 6.22. The smallest absolute Gasteiger partial charge is 0.166 e. The first-order valence-corrected chi connectivity index (χ1v) is 7.55. The second-order valence-electron chi connectivity index (χ2n) is 5.82. The van der Waals surface area contributed by atoms with Crippen LogP contribution >= 0.6 is 11.6 Å². The van der Waals surface area contributed by atoms with E-state index in [2.05, 4.69) is 5.32 Å². The lowest BCUT2D eigenvalue weighted by Crippen LogP contribution is -2.38. The molecule has 2 unspecified atom stereocenters. The van der Waals surface area contributed by atoms with Crippen LogP contribution in [-0.2, 0) is 5.67 Å². The van der Waals surface area contributed by atoms with Crippen molar-refractivity contribution in [2.75, 3.05) is 6.54 Å². The van der Waals surface area contributed by atoms with Crippen molar-refractivity contribution in [2.24, 2.45) is 0 Å². The number of halogens is 2. The quantitative estimate of drug-likeness (QED) is 0.879. The Morgan fingerprint density at radius 2 is 2.30 bits per heavy atom. The van der Waals surface area contributed by atoms with E-state index in [0.717, 1.165) is 18.4 Å². The first-order valence-electron chi connectivity index (χ1n) is 7.17. The molecule has 1 N–H and O–H groups in total. The summed E-state index contributed by atoms with van der Waals surface area (Å²) >= 11 is 6.08. The molecule has 1 fully saturated rings. The summed E-state index contributed by atoms with van der Waals surface area (Å²) in [7, 11) is 0. The number of rotatable bonds is 3.